The van der Waals surface area contributed by atoms with E-state index in [1.807, 2.05) is 22.8 Å². The van der Waals surface area contributed by atoms with Crippen LogP contribution in [0.25, 0.3) is 32.2 Å². The molecule has 0 saturated heterocycles. The van der Waals surface area contributed by atoms with Crippen LogP contribution in [-0.2, 0) is 13.1 Å². The van der Waals surface area contributed by atoms with Crippen LogP contribution in [0.1, 0.15) is 30.0 Å². The van der Waals surface area contributed by atoms with Gasteiger partial charge in [0, 0.05) is 19.1 Å². The second-order valence-electron chi connectivity index (χ2n) is 7.89. The van der Waals surface area contributed by atoms with Crippen molar-refractivity contribution in [2.75, 3.05) is 7.11 Å². The number of aromatic amines is 1. The van der Waals surface area contributed by atoms with Crippen molar-refractivity contribution in [1.29, 1.82) is 0 Å². The van der Waals surface area contributed by atoms with Crippen LogP contribution in [0.4, 0.5) is 4.39 Å². The van der Waals surface area contributed by atoms with Gasteiger partial charge in [0.15, 0.2) is 5.75 Å². The van der Waals surface area contributed by atoms with Crippen LogP contribution < -0.4 is 21.0 Å². The number of benzene rings is 2. The van der Waals surface area contributed by atoms with E-state index in [2.05, 4.69) is 9.69 Å². The molecule has 2 N–H and O–H groups in total. The first kappa shape index (κ1) is 17.9. The number of fused-ring (bicyclic) bond motifs is 3. The molecule has 1 fully saturated rings. The van der Waals surface area contributed by atoms with E-state index in [0.29, 0.717) is 27.2 Å². The van der Waals surface area contributed by atoms with Crippen LogP contribution in [0, 0.1) is 5.82 Å². The lowest BCUT2D eigenvalue weighted by atomic mass is 9.97. The summed E-state index contributed by atoms with van der Waals surface area (Å²) < 4.78 is 25.8. The second kappa shape index (κ2) is 6.26. The number of halogens is 1. The molecule has 2 aromatic carbocycles. The van der Waals surface area contributed by atoms with Gasteiger partial charge in [0.25, 0.3) is 5.56 Å². The van der Waals surface area contributed by atoms with Gasteiger partial charge < -0.3 is 14.6 Å². The average Bonchev–Trinajstić information content (AvgIpc) is 3.34. The van der Waals surface area contributed by atoms with E-state index in [4.69, 9.17) is 4.74 Å². The minimum Gasteiger partial charge on any atom is -0.494 e. The van der Waals surface area contributed by atoms with E-state index in [0.717, 1.165) is 43.0 Å². The molecule has 0 bridgehead atoms. The molecule has 4 aromatic rings. The maximum atomic E-state index is 15.4. The maximum Gasteiger partial charge on any atom is 0.271 e. The molecule has 0 atom stereocenters. The molecule has 6 nitrogen and oxygen atoms in total. The minimum absolute atomic E-state index is 0.0946. The van der Waals surface area contributed by atoms with Crippen molar-refractivity contribution in [3.63, 3.8) is 0 Å². The number of ether oxygens (including phenoxy) is 1. The summed E-state index contributed by atoms with van der Waals surface area (Å²) in [4.78, 5) is 26.0. The zero-order valence-corrected chi connectivity index (χ0v) is 17.0. The molecule has 6 rings (SSSR count). The second-order valence-corrected chi connectivity index (χ2v) is 8.69. The van der Waals surface area contributed by atoms with E-state index in [1.165, 1.54) is 18.7 Å². The molecule has 2 aliphatic rings. The van der Waals surface area contributed by atoms with E-state index in [1.54, 1.807) is 0 Å². The molecule has 0 radical (unpaired) electrons. The van der Waals surface area contributed by atoms with Gasteiger partial charge in [-0.15, -0.1) is 0 Å². The van der Waals surface area contributed by atoms with Gasteiger partial charge in [0.2, 0.25) is 5.43 Å². The fourth-order valence-corrected chi connectivity index (χ4v) is 5.45. The normalized spacial score (nSPS) is 15.8. The van der Waals surface area contributed by atoms with Gasteiger partial charge in [-0.05, 0) is 53.2 Å². The lowest BCUT2D eigenvalue weighted by Crippen LogP contribution is -2.16. The van der Waals surface area contributed by atoms with E-state index >= 15 is 4.39 Å². The first-order valence-electron chi connectivity index (χ1n) is 9.87. The summed E-state index contributed by atoms with van der Waals surface area (Å²) in [5.41, 5.74) is 3.07. The third kappa shape index (κ3) is 2.37. The summed E-state index contributed by atoms with van der Waals surface area (Å²) in [6.45, 7) is 1.55. The highest BCUT2D eigenvalue weighted by atomic mass is 32.1. The van der Waals surface area contributed by atoms with Gasteiger partial charge in [0.05, 0.1) is 23.6 Å². The summed E-state index contributed by atoms with van der Waals surface area (Å²) in [5.74, 6) is -0.196. The molecule has 0 unspecified atom stereocenters. The van der Waals surface area contributed by atoms with Crippen LogP contribution in [-0.4, -0.2) is 16.1 Å². The molecule has 3 heterocycles. The number of hydrogen-bond acceptors (Lipinski definition) is 5. The summed E-state index contributed by atoms with van der Waals surface area (Å²) in [7, 11) is 1.50. The average molecular weight is 423 g/mol. The highest BCUT2D eigenvalue weighted by Crippen LogP contribution is 2.45. The Kier molecular flexibility index (Phi) is 3.73. The summed E-state index contributed by atoms with van der Waals surface area (Å²) in [6, 6.07) is 7.30. The SMILES string of the molecule is COc1c(-c2ccc3c(c2)CNC3)c(F)cc2c(=O)c3c(=O)[nH]sc3n(C3CC3)c12. The van der Waals surface area contributed by atoms with Gasteiger partial charge in [0.1, 0.15) is 16.0 Å². The van der Waals surface area contributed by atoms with Gasteiger partial charge in [-0.3, -0.25) is 14.0 Å². The van der Waals surface area contributed by atoms with Gasteiger partial charge in [-0.1, -0.05) is 12.1 Å². The fourth-order valence-electron chi connectivity index (χ4n) is 4.53. The molecular formula is C22H18FN3O3S. The first-order chi connectivity index (χ1) is 14.6. The highest BCUT2D eigenvalue weighted by Gasteiger charge is 2.32. The Labute approximate surface area is 174 Å². The lowest BCUT2D eigenvalue weighted by Gasteiger charge is -2.18. The third-order valence-electron chi connectivity index (χ3n) is 6.06. The molecule has 1 saturated carbocycles. The van der Waals surface area contributed by atoms with Crippen molar-refractivity contribution in [3.8, 4) is 16.9 Å². The first-order valence-corrected chi connectivity index (χ1v) is 10.7. The monoisotopic (exact) mass is 423 g/mol. The van der Waals surface area contributed by atoms with Crippen molar-refractivity contribution in [3.05, 3.63) is 61.8 Å². The van der Waals surface area contributed by atoms with E-state index in [-0.39, 0.29) is 16.8 Å². The predicted octanol–water partition coefficient (Wildman–Crippen LogP) is 3.66. The van der Waals surface area contributed by atoms with Crippen LogP contribution in [0.2, 0.25) is 0 Å². The maximum absolute atomic E-state index is 15.4. The molecule has 152 valence electrons. The molecule has 0 spiro atoms. The number of hydrogen-bond donors (Lipinski definition) is 2. The van der Waals surface area contributed by atoms with Crippen LogP contribution in [0.5, 0.6) is 5.75 Å². The Morgan fingerprint density at radius 2 is 1.97 bits per heavy atom. The Morgan fingerprint density at radius 3 is 2.73 bits per heavy atom. The van der Waals surface area contributed by atoms with Gasteiger partial charge >= 0.3 is 0 Å². The van der Waals surface area contributed by atoms with Crippen molar-refractivity contribution in [2.45, 2.75) is 32.0 Å². The van der Waals surface area contributed by atoms with Crippen LogP contribution in [0.15, 0.2) is 33.9 Å². The summed E-state index contributed by atoms with van der Waals surface area (Å²) in [6.07, 6.45) is 1.89. The lowest BCUT2D eigenvalue weighted by molar-refractivity contribution is 0.416. The van der Waals surface area contributed by atoms with Gasteiger partial charge in [-0.2, -0.15) is 0 Å². The molecule has 1 aliphatic carbocycles. The highest BCUT2D eigenvalue weighted by molar-refractivity contribution is 7.12. The van der Waals surface area contributed by atoms with Crippen molar-refractivity contribution in [1.82, 2.24) is 14.3 Å². The Bertz CT molecular complexity index is 1480. The number of nitrogens with one attached hydrogen (secondary N) is 2. The zero-order chi connectivity index (χ0) is 20.6. The molecule has 0 amide bonds. The summed E-state index contributed by atoms with van der Waals surface area (Å²) >= 11 is 1.15. The predicted molar refractivity (Wildman–Crippen MR) is 115 cm³/mol. The number of H-pyrrole nitrogens is 1. The standard InChI is InChI=1S/C22H18FN3O3S/c1-29-20-16(10-2-3-11-8-24-9-12(11)6-10)15(23)7-14-18(20)26(13-4-5-13)22-17(19(14)27)21(28)25-30-22/h2-3,6-7,13,24H,4-5,8-9H2,1H3,(H,25,28). The molecular weight excluding hydrogens is 405 g/mol. The minimum atomic E-state index is -0.532. The largest absolute Gasteiger partial charge is 0.494 e. The smallest absolute Gasteiger partial charge is 0.271 e. The Balaban J connectivity index is 1.77. The number of aromatic nitrogens is 2. The molecule has 8 heteroatoms. The van der Waals surface area contributed by atoms with Crippen molar-refractivity contribution >= 4 is 32.7 Å². The number of nitrogens with zero attached hydrogens (tertiary/aromatic N) is 1. The molecule has 1 aliphatic heterocycles. The zero-order valence-electron chi connectivity index (χ0n) is 16.2. The Morgan fingerprint density at radius 1 is 1.17 bits per heavy atom. The number of methoxy groups -OCH3 is 1. The number of rotatable bonds is 3. The van der Waals surface area contributed by atoms with E-state index in [9.17, 15) is 9.59 Å². The van der Waals surface area contributed by atoms with Crippen LogP contribution >= 0.6 is 11.5 Å². The molecule has 30 heavy (non-hydrogen) atoms. The fraction of sp³-hybridized carbons (Fsp3) is 0.273. The van der Waals surface area contributed by atoms with Gasteiger partial charge in [-0.25, -0.2) is 4.39 Å². The summed E-state index contributed by atoms with van der Waals surface area (Å²) in [5, 5.41) is 3.57. The quantitative estimate of drug-likeness (QED) is 0.527. The topological polar surface area (TPSA) is 76.1 Å². The third-order valence-corrected chi connectivity index (χ3v) is 6.94. The number of pyridine rings is 1. The Hall–Kier alpha value is -2.97. The van der Waals surface area contributed by atoms with Crippen LogP contribution in [0.3, 0.4) is 0 Å². The van der Waals surface area contributed by atoms with E-state index < -0.39 is 16.8 Å². The molecule has 2 aromatic heterocycles. The van der Waals surface area contributed by atoms with Crippen molar-refractivity contribution in [2.24, 2.45) is 0 Å². The van der Waals surface area contributed by atoms with Crippen molar-refractivity contribution < 1.29 is 9.13 Å².